The van der Waals surface area contributed by atoms with Gasteiger partial charge < -0.3 is 16.4 Å². The summed E-state index contributed by atoms with van der Waals surface area (Å²) in [5.74, 6) is 1.47. The highest BCUT2D eigenvalue weighted by Crippen LogP contribution is 2.21. The second kappa shape index (κ2) is 6.19. The first-order chi connectivity index (χ1) is 9.48. The molecule has 4 N–H and O–H groups in total. The number of halogens is 1. The fraction of sp³-hybridized carbons (Fsp3) is 0.286. The van der Waals surface area contributed by atoms with E-state index in [-0.39, 0.29) is 5.54 Å². The molecule has 2 rings (SSSR count). The number of nitrogens with zero attached hydrogens (tertiary/aromatic N) is 2. The van der Waals surface area contributed by atoms with Crippen LogP contribution in [0.5, 0.6) is 0 Å². The lowest BCUT2D eigenvalue weighted by Gasteiger charge is -2.24. The number of rotatable bonds is 5. The molecule has 0 aliphatic carbocycles. The van der Waals surface area contributed by atoms with E-state index in [0.29, 0.717) is 6.54 Å². The van der Waals surface area contributed by atoms with E-state index in [1.807, 2.05) is 44.2 Å². The minimum atomic E-state index is -0.207. The van der Waals surface area contributed by atoms with Crippen molar-refractivity contribution < 1.29 is 0 Å². The average molecular weight is 336 g/mol. The van der Waals surface area contributed by atoms with Crippen LogP contribution < -0.4 is 16.4 Å². The Labute approximate surface area is 127 Å². The normalized spacial score (nSPS) is 11.2. The van der Waals surface area contributed by atoms with Crippen LogP contribution in [-0.4, -0.2) is 22.1 Å². The summed E-state index contributed by atoms with van der Waals surface area (Å²) in [6.45, 7) is 4.57. The highest BCUT2D eigenvalue weighted by molar-refractivity contribution is 9.10. The molecule has 1 aromatic carbocycles. The molecular weight excluding hydrogens is 318 g/mol. The molecule has 20 heavy (non-hydrogen) atoms. The van der Waals surface area contributed by atoms with Gasteiger partial charge >= 0.3 is 0 Å². The zero-order valence-corrected chi connectivity index (χ0v) is 13.1. The highest BCUT2D eigenvalue weighted by atomic mass is 79.9. The topological polar surface area (TPSA) is 75.9 Å². The Bertz CT molecular complexity index is 585. The van der Waals surface area contributed by atoms with Gasteiger partial charge in [0.2, 0.25) is 0 Å². The van der Waals surface area contributed by atoms with Crippen molar-refractivity contribution in [1.82, 2.24) is 9.97 Å². The standard InChI is InChI=1S/C14H18BrN5/c1-14(2,8-16)20-13-7-12(17-9-18-13)19-11-5-3-4-10(15)6-11/h3-7,9H,8,16H2,1-2H3,(H2,17,18,19,20). The highest BCUT2D eigenvalue weighted by Gasteiger charge is 2.15. The van der Waals surface area contributed by atoms with Crippen molar-refractivity contribution in [3.63, 3.8) is 0 Å². The molecule has 0 spiro atoms. The predicted octanol–water partition coefficient (Wildman–Crippen LogP) is 3.13. The molecule has 0 fully saturated rings. The van der Waals surface area contributed by atoms with Gasteiger partial charge in [0.1, 0.15) is 18.0 Å². The third-order valence-corrected chi connectivity index (χ3v) is 3.23. The Morgan fingerprint density at radius 3 is 2.65 bits per heavy atom. The lowest BCUT2D eigenvalue weighted by atomic mass is 10.1. The number of anilines is 3. The Balaban J connectivity index is 2.14. The maximum Gasteiger partial charge on any atom is 0.135 e. The van der Waals surface area contributed by atoms with Crippen LogP contribution in [0.15, 0.2) is 41.1 Å². The van der Waals surface area contributed by atoms with Gasteiger partial charge in [-0.3, -0.25) is 0 Å². The van der Waals surface area contributed by atoms with Gasteiger partial charge in [0.25, 0.3) is 0 Å². The molecular formula is C14H18BrN5. The van der Waals surface area contributed by atoms with Crippen LogP contribution in [-0.2, 0) is 0 Å². The van der Waals surface area contributed by atoms with Gasteiger partial charge in [0.15, 0.2) is 0 Å². The van der Waals surface area contributed by atoms with Gasteiger partial charge in [-0.25, -0.2) is 9.97 Å². The summed E-state index contributed by atoms with van der Waals surface area (Å²) in [4.78, 5) is 8.42. The fourth-order valence-electron chi connectivity index (χ4n) is 1.61. The van der Waals surface area contributed by atoms with Crippen LogP contribution in [0.1, 0.15) is 13.8 Å². The van der Waals surface area contributed by atoms with E-state index in [2.05, 4.69) is 36.5 Å². The summed E-state index contributed by atoms with van der Waals surface area (Å²) in [6, 6.07) is 9.76. The molecule has 2 aromatic rings. The first-order valence-electron chi connectivity index (χ1n) is 6.31. The first-order valence-corrected chi connectivity index (χ1v) is 7.11. The van der Waals surface area contributed by atoms with Crippen LogP contribution in [0.25, 0.3) is 0 Å². The molecule has 0 aliphatic heterocycles. The van der Waals surface area contributed by atoms with E-state index < -0.39 is 0 Å². The van der Waals surface area contributed by atoms with Crippen LogP contribution in [0.3, 0.4) is 0 Å². The van der Waals surface area contributed by atoms with Crippen molar-refractivity contribution >= 4 is 33.3 Å². The van der Waals surface area contributed by atoms with Gasteiger partial charge in [-0.1, -0.05) is 22.0 Å². The van der Waals surface area contributed by atoms with E-state index in [1.54, 1.807) is 0 Å². The second-order valence-electron chi connectivity index (χ2n) is 5.14. The molecule has 0 aliphatic rings. The Kier molecular flexibility index (Phi) is 4.57. The number of nitrogens with two attached hydrogens (primary N) is 1. The molecule has 0 amide bonds. The summed E-state index contributed by atoms with van der Waals surface area (Å²) in [5, 5.41) is 6.52. The van der Waals surface area contributed by atoms with Gasteiger partial charge in [-0.15, -0.1) is 0 Å². The molecule has 106 valence electrons. The van der Waals surface area contributed by atoms with Crippen molar-refractivity contribution in [2.75, 3.05) is 17.2 Å². The number of benzene rings is 1. The second-order valence-corrected chi connectivity index (χ2v) is 6.05. The molecule has 0 atom stereocenters. The van der Waals surface area contributed by atoms with E-state index >= 15 is 0 Å². The van der Waals surface area contributed by atoms with Gasteiger partial charge in [-0.05, 0) is 32.0 Å². The van der Waals surface area contributed by atoms with Crippen LogP contribution in [0.4, 0.5) is 17.3 Å². The number of hydrogen-bond acceptors (Lipinski definition) is 5. The molecule has 0 saturated heterocycles. The van der Waals surface area contributed by atoms with E-state index in [0.717, 1.165) is 21.8 Å². The fourth-order valence-corrected chi connectivity index (χ4v) is 2.01. The lowest BCUT2D eigenvalue weighted by molar-refractivity contribution is 0.577. The Morgan fingerprint density at radius 2 is 1.95 bits per heavy atom. The molecule has 0 bridgehead atoms. The van der Waals surface area contributed by atoms with Gasteiger partial charge in [-0.2, -0.15) is 0 Å². The largest absolute Gasteiger partial charge is 0.364 e. The zero-order chi connectivity index (χ0) is 14.6. The molecule has 6 heteroatoms. The number of nitrogens with one attached hydrogen (secondary N) is 2. The first kappa shape index (κ1) is 14.7. The van der Waals surface area contributed by atoms with E-state index in [1.165, 1.54) is 6.33 Å². The maximum absolute atomic E-state index is 5.71. The molecule has 0 radical (unpaired) electrons. The number of aromatic nitrogens is 2. The van der Waals surface area contributed by atoms with Crippen molar-refractivity contribution in [3.05, 3.63) is 41.1 Å². The van der Waals surface area contributed by atoms with E-state index in [4.69, 9.17) is 5.73 Å². The Morgan fingerprint density at radius 1 is 1.20 bits per heavy atom. The molecule has 1 heterocycles. The van der Waals surface area contributed by atoms with Crippen LogP contribution in [0, 0.1) is 0 Å². The van der Waals surface area contributed by atoms with E-state index in [9.17, 15) is 0 Å². The van der Waals surface area contributed by atoms with Crippen molar-refractivity contribution in [2.24, 2.45) is 5.73 Å². The lowest BCUT2D eigenvalue weighted by Crippen LogP contribution is -2.39. The number of hydrogen-bond donors (Lipinski definition) is 3. The van der Waals surface area contributed by atoms with Crippen LogP contribution in [0.2, 0.25) is 0 Å². The summed E-state index contributed by atoms with van der Waals surface area (Å²) in [7, 11) is 0. The maximum atomic E-state index is 5.71. The van der Waals surface area contributed by atoms with Gasteiger partial charge in [0.05, 0.1) is 0 Å². The van der Waals surface area contributed by atoms with Crippen molar-refractivity contribution in [2.45, 2.75) is 19.4 Å². The summed E-state index contributed by atoms with van der Waals surface area (Å²) < 4.78 is 1.01. The smallest absolute Gasteiger partial charge is 0.135 e. The average Bonchev–Trinajstić information content (AvgIpc) is 2.38. The minimum absolute atomic E-state index is 0.207. The summed E-state index contributed by atoms with van der Waals surface area (Å²) >= 11 is 3.44. The zero-order valence-electron chi connectivity index (χ0n) is 11.5. The molecule has 0 unspecified atom stereocenters. The molecule has 1 aromatic heterocycles. The third-order valence-electron chi connectivity index (χ3n) is 2.74. The SMILES string of the molecule is CC(C)(CN)Nc1cc(Nc2cccc(Br)c2)ncn1. The van der Waals surface area contributed by atoms with Crippen molar-refractivity contribution in [3.8, 4) is 0 Å². The summed E-state index contributed by atoms with van der Waals surface area (Å²) in [6.07, 6.45) is 1.52. The third kappa shape index (κ3) is 4.18. The molecule has 0 saturated carbocycles. The van der Waals surface area contributed by atoms with Crippen LogP contribution >= 0.6 is 15.9 Å². The Hall–Kier alpha value is -1.66. The monoisotopic (exact) mass is 335 g/mol. The quantitative estimate of drug-likeness (QED) is 0.782. The minimum Gasteiger partial charge on any atom is -0.364 e. The van der Waals surface area contributed by atoms with Crippen molar-refractivity contribution in [1.29, 1.82) is 0 Å². The van der Waals surface area contributed by atoms with Gasteiger partial charge in [0, 0.05) is 28.3 Å². The predicted molar refractivity (Wildman–Crippen MR) is 86.2 cm³/mol. The molecule has 5 nitrogen and oxygen atoms in total. The summed E-state index contributed by atoms with van der Waals surface area (Å²) in [5.41, 5.74) is 6.46.